The van der Waals surface area contributed by atoms with E-state index in [1.807, 2.05) is 0 Å². The Hall–Kier alpha value is -1.20. The molecule has 0 aromatic heterocycles. The van der Waals surface area contributed by atoms with Gasteiger partial charge in [0.15, 0.2) is 0 Å². The van der Waals surface area contributed by atoms with Crippen molar-refractivity contribution < 1.29 is 26.2 Å². The number of rotatable bonds is 0. The topological polar surface area (TPSA) is 0 Å². The van der Waals surface area contributed by atoms with Crippen LogP contribution in [0.15, 0.2) is 35.9 Å². The van der Waals surface area contributed by atoms with Crippen LogP contribution in [0.5, 0.6) is 0 Å². The summed E-state index contributed by atoms with van der Waals surface area (Å²) in [5.74, 6) is 0.522. The molecule has 180 valence electrons. The van der Waals surface area contributed by atoms with Crippen molar-refractivity contribution in [3.63, 3.8) is 0 Å². The quantitative estimate of drug-likeness (QED) is 0.254. The Labute approximate surface area is 229 Å². The second-order valence-corrected chi connectivity index (χ2v) is 13.2. The minimum absolute atomic E-state index is 0. The zero-order valence-electron chi connectivity index (χ0n) is 23.7. The molecule has 0 radical (unpaired) electrons. The van der Waals surface area contributed by atoms with Gasteiger partial charge in [-0.05, 0) is 35.4 Å². The molecule has 0 saturated heterocycles. The van der Waals surface area contributed by atoms with Crippen LogP contribution in [0.4, 0.5) is 0 Å². The standard InChI is InChI=1S/C23H29.C10H15.Zr/c1-14-9-16-11-17-10-15(2)21(23(6,7)8)13-19(17)18(16)12-20(14)22(3,4)5;1-8-5-6-9(7-8)10(2,3)4;/h9,12-13H,11H2,1-8H3;6-8H,1-4H3;/q2*-1;+2. The predicted molar refractivity (Wildman–Crippen MR) is 145 cm³/mol. The van der Waals surface area contributed by atoms with Crippen molar-refractivity contribution in [2.75, 3.05) is 0 Å². The van der Waals surface area contributed by atoms with Crippen molar-refractivity contribution in [1.82, 2.24) is 0 Å². The van der Waals surface area contributed by atoms with Crippen LogP contribution in [0.3, 0.4) is 0 Å². The molecule has 2 aromatic carbocycles. The molecule has 0 nitrogen and oxygen atoms in total. The molecule has 1 unspecified atom stereocenters. The van der Waals surface area contributed by atoms with Gasteiger partial charge in [0.2, 0.25) is 0 Å². The smallest absolute Gasteiger partial charge is 0.270 e. The van der Waals surface area contributed by atoms with Crippen LogP contribution >= 0.6 is 0 Å². The summed E-state index contributed by atoms with van der Waals surface area (Å²) in [6.45, 7) is 27.1. The van der Waals surface area contributed by atoms with Crippen LogP contribution in [-0.2, 0) is 43.5 Å². The molecule has 0 saturated carbocycles. The van der Waals surface area contributed by atoms with Crippen molar-refractivity contribution >= 4 is 0 Å². The van der Waals surface area contributed by atoms with Crippen LogP contribution in [0.25, 0.3) is 11.1 Å². The molecule has 0 amide bonds. The van der Waals surface area contributed by atoms with Crippen molar-refractivity contribution in [1.29, 1.82) is 0 Å². The Morgan fingerprint density at radius 2 is 1.32 bits per heavy atom. The molecule has 0 spiro atoms. The average molecular weight is 532 g/mol. The third-order valence-electron chi connectivity index (χ3n) is 6.88. The fourth-order valence-corrected chi connectivity index (χ4v) is 5.08. The minimum Gasteiger partial charge on any atom is -0.270 e. The molecule has 1 atom stereocenters. The van der Waals surface area contributed by atoms with E-state index in [-0.39, 0.29) is 37.0 Å². The summed E-state index contributed by atoms with van der Waals surface area (Å²) in [6, 6.07) is 10.9. The van der Waals surface area contributed by atoms with Gasteiger partial charge in [0, 0.05) is 0 Å². The maximum Gasteiger partial charge on any atom is 2.00 e. The van der Waals surface area contributed by atoms with E-state index in [9.17, 15) is 0 Å². The van der Waals surface area contributed by atoms with Gasteiger partial charge in [-0.25, -0.2) is 6.08 Å². The summed E-state index contributed by atoms with van der Waals surface area (Å²) < 4.78 is 0. The number of allylic oxidation sites excluding steroid dienone is 4. The molecule has 0 aliphatic heterocycles. The molecule has 1 heteroatoms. The Morgan fingerprint density at radius 3 is 1.76 bits per heavy atom. The van der Waals surface area contributed by atoms with Crippen molar-refractivity contribution in [2.45, 2.75) is 100 Å². The first-order chi connectivity index (χ1) is 15.0. The number of fused-ring (bicyclic) bond motifs is 3. The summed E-state index contributed by atoms with van der Waals surface area (Å²) in [4.78, 5) is 0. The van der Waals surface area contributed by atoms with E-state index in [1.54, 1.807) is 0 Å². The Morgan fingerprint density at radius 1 is 0.765 bits per heavy atom. The van der Waals surface area contributed by atoms with Gasteiger partial charge in [-0.2, -0.15) is 29.3 Å². The fourth-order valence-electron chi connectivity index (χ4n) is 5.08. The van der Waals surface area contributed by atoms with Gasteiger partial charge in [0.25, 0.3) is 0 Å². The van der Waals surface area contributed by atoms with Crippen molar-refractivity contribution in [2.24, 2.45) is 11.3 Å². The Bertz CT molecular complexity index is 1040. The predicted octanol–water partition coefficient (Wildman–Crippen LogP) is 9.24. The summed E-state index contributed by atoms with van der Waals surface area (Å²) in [7, 11) is 0. The first-order valence-electron chi connectivity index (χ1n) is 12.5. The number of hydrogen-bond donors (Lipinski definition) is 0. The zero-order valence-corrected chi connectivity index (χ0v) is 26.1. The third kappa shape index (κ3) is 6.32. The van der Waals surface area contributed by atoms with Crippen LogP contribution in [0.2, 0.25) is 0 Å². The minimum atomic E-state index is 0. The average Bonchev–Trinajstić information content (AvgIpc) is 3.21. The number of hydrogen-bond acceptors (Lipinski definition) is 0. The van der Waals surface area contributed by atoms with Crippen LogP contribution in [0, 0.1) is 37.3 Å². The van der Waals surface area contributed by atoms with E-state index in [1.165, 1.54) is 50.1 Å². The molecule has 0 N–H and O–H groups in total. The molecule has 4 rings (SSSR count). The summed E-state index contributed by atoms with van der Waals surface area (Å²) in [5, 5.41) is 0. The van der Waals surface area contributed by atoms with Crippen molar-refractivity contribution in [3.8, 4) is 11.1 Å². The molecule has 34 heavy (non-hydrogen) atoms. The SMILES string of the molecule is CC1[C-]=CC(C(C)(C)C)=C1.Cc1[c-]c2c(cc1C(C)(C)C)-c1cc(C(C)(C)C)c(C)cc1C2.[Zr+2]. The van der Waals surface area contributed by atoms with Crippen LogP contribution < -0.4 is 0 Å². The molecule has 2 aromatic rings. The number of aryl methyl sites for hydroxylation is 2. The zero-order chi connectivity index (χ0) is 24.9. The van der Waals surface area contributed by atoms with E-state index in [4.69, 9.17) is 0 Å². The molecular weight excluding hydrogens is 488 g/mol. The maximum atomic E-state index is 3.69. The first kappa shape index (κ1) is 29.0. The Balaban J connectivity index is 0.000000314. The van der Waals surface area contributed by atoms with E-state index in [2.05, 4.69) is 126 Å². The second-order valence-electron chi connectivity index (χ2n) is 13.2. The molecule has 2 aliphatic rings. The van der Waals surface area contributed by atoms with Gasteiger partial charge < -0.3 is 0 Å². The van der Waals surface area contributed by atoms with E-state index in [0.29, 0.717) is 11.3 Å². The van der Waals surface area contributed by atoms with Gasteiger partial charge in [-0.3, -0.25) is 6.08 Å². The largest absolute Gasteiger partial charge is 2.00 e. The molecule has 0 heterocycles. The van der Waals surface area contributed by atoms with E-state index in [0.717, 1.165) is 6.42 Å². The second kappa shape index (κ2) is 10.0. The van der Waals surface area contributed by atoms with E-state index < -0.39 is 0 Å². The molecule has 2 aliphatic carbocycles. The summed E-state index contributed by atoms with van der Waals surface area (Å²) >= 11 is 0. The molecule has 0 fully saturated rings. The van der Waals surface area contributed by atoms with Gasteiger partial charge in [0.1, 0.15) is 0 Å². The van der Waals surface area contributed by atoms with E-state index >= 15 is 0 Å². The third-order valence-corrected chi connectivity index (χ3v) is 6.88. The fraction of sp³-hybridized carbons (Fsp3) is 0.515. The number of benzene rings is 2. The van der Waals surface area contributed by atoms with Crippen molar-refractivity contribution in [3.05, 3.63) is 81.4 Å². The normalized spacial score (nSPS) is 16.8. The van der Waals surface area contributed by atoms with Gasteiger partial charge in [0.05, 0.1) is 0 Å². The monoisotopic (exact) mass is 530 g/mol. The van der Waals surface area contributed by atoms with Gasteiger partial charge in [-0.1, -0.05) is 111 Å². The van der Waals surface area contributed by atoms with Gasteiger partial charge >= 0.3 is 26.2 Å². The van der Waals surface area contributed by atoms with Crippen LogP contribution in [0.1, 0.15) is 103 Å². The van der Waals surface area contributed by atoms with Gasteiger partial charge in [-0.15, -0.1) is 16.7 Å². The summed E-state index contributed by atoms with van der Waals surface area (Å²) in [6.07, 6.45) is 8.68. The van der Waals surface area contributed by atoms with Crippen LogP contribution in [-0.4, -0.2) is 0 Å². The maximum absolute atomic E-state index is 3.69. The summed E-state index contributed by atoms with van der Waals surface area (Å²) in [5.41, 5.74) is 13.3. The Kier molecular flexibility index (Phi) is 8.58. The first-order valence-corrected chi connectivity index (χ1v) is 12.5. The molecule has 0 bridgehead atoms. The molecular formula is C33H44Zr.